The minimum absolute atomic E-state index is 0.0366. The minimum Gasteiger partial charge on any atom is -0.465 e. The third-order valence-corrected chi connectivity index (χ3v) is 4.61. The molecule has 0 fully saturated rings. The Bertz CT molecular complexity index is 985. The van der Waals surface area contributed by atoms with Crippen LogP contribution in [-0.4, -0.2) is 39.7 Å². The lowest BCUT2D eigenvalue weighted by atomic mass is 10.1. The number of ether oxygens (including phenoxy) is 2. The fraction of sp³-hybridized carbons (Fsp3) is 0.118. The molecule has 0 unspecified atom stereocenters. The first-order valence-electron chi connectivity index (χ1n) is 7.66. The van der Waals surface area contributed by atoms with Gasteiger partial charge < -0.3 is 20.1 Å². The zero-order valence-electron chi connectivity index (χ0n) is 14.9. The molecular weight excluding hydrogens is 406 g/mol. The van der Waals surface area contributed by atoms with Crippen molar-refractivity contribution in [3.05, 3.63) is 53.6 Å². The van der Waals surface area contributed by atoms with Crippen molar-refractivity contribution in [2.75, 3.05) is 24.9 Å². The number of methoxy groups -OCH3 is 2. The lowest BCUT2D eigenvalue weighted by Crippen LogP contribution is -2.20. The Kier molecular flexibility index (Phi) is 6.67. The van der Waals surface area contributed by atoms with Crippen molar-refractivity contribution in [1.29, 1.82) is 0 Å². The molecule has 0 bridgehead atoms. The van der Waals surface area contributed by atoms with Crippen LogP contribution in [0.1, 0.15) is 20.7 Å². The zero-order valence-corrected chi connectivity index (χ0v) is 16.5. The predicted molar refractivity (Wildman–Crippen MR) is 107 cm³/mol. The van der Waals surface area contributed by atoms with Gasteiger partial charge in [0.25, 0.3) is 0 Å². The first-order chi connectivity index (χ1) is 13.1. The summed E-state index contributed by atoms with van der Waals surface area (Å²) in [5.74, 6) is -1.27. The van der Waals surface area contributed by atoms with E-state index in [2.05, 4.69) is 20.1 Å². The van der Waals surface area contributed by atoms with Crippen LogP contribution in [0.3, 0.4) is 0 Å². The molecule has 0 aromatic heterocycles. The molecule has 9 nitrogen and oxygen atoms in total. The van der Waals surface area contributed by atoms with Crippen molar-refractivity contribution < 1.29 is 27.5 Å². The van der Waals surface area contributed by atoms with Crippen LogP contribution < -0.4 is 15.8 Å². The number of primary sulfonamides is 1. The van der Waals surface area contributed by atoms with Gasteiger partial charge in [-0.05, 0) is 54.7 Å². The summed E-state index contributed by atoms with van der Waals surface area (Å²) in [6, 6.07) is 9.87. The average Bonchev–Trinajstić information content (AvgIpc) is 2.65. The molecule has 0 amide bonds. The van der Waals surface area contributed by atoms with Gasteiger partial charge in [-0.1, -0.05) is 0 Å². The lowest BCUT2D eigenvalue weighted by Gasteiger charge is -2.13. The summed E-state index contributed by atoms with van der Waals surface area (Å²) in [7, 11) is -1.35. The van der Waals surface area contributed by atoms with E-state index in [4.69, 9.17) is 17.4 Å². The molecule has 0 aliphatic heterocycles. The van der Waals surface area contributed by atoms with Crippen molar-refractivity contribution in [3.63, 3.8) is 0 Å². The molecule has 4 N–H and O–H groups in total. The summed E-state index contributed by atoms with van der Waals surface area (Å²) >= 11 is 5.20. The number of nitrogens with one attached hydrogen (secondary N) is 2. The van der Waals surface area contributed by atoms with Crippen LogP contribution in [0.2, 0.25) is 0 Å². The van der Waals surface area contributed by atoms with Crippen LogP contribution >= 0.6 is 12.2 Å². The highest BCUT2D eigenvalue weighted by Crippen LogP contribution is 2.18. The number of sulfonamides is 1. The number of rotatable bonds is 5. The molecule has 2 aromatic carbocycles. The van der Waals surface area contributed by atoms with E-state index < -0.39 is 22.0 Å². The Morgan fingerprint density at radius 1 is 0.893 bits per heavy atom. The summed E-state index contributed by atoms with van der Waals surface area (Å²) in [6.45, 7) is 0. The monoisotopic (exact) mass is 423 g/mol. The second kappa shape index (κ2) is 8.78. The van der Waals surface area contributed by atoms with Crippen molar-refractivity contribution in [1.82, 2.24) is 0 Å². The first-order valence-corrected chi connectivity index (χ1v) is 9.62. The van der Waals surface area contributed by atoms with Gasteiger partial charge in [-0.3, -0.25) is 0 Å². The SMILES string of the molecule is COC(=O)c1cc(NC(=S)Nc2ccc(S(N)(=O)=O)cc2)cc(C(=O)OC)c1. The number of carbonyl (C=O) groups is 2. The number of hydrogen-bond acceptors (Lipinski definition) is 7. The summed E-state index contributed by atoms with van der Waals surface area (Å²) < 4.78 is 31.9. The smallest absolute Gasteiger partial charge is 0.337 e. The number of thiocarbonyl (C=S) groups is 1. The highest BCUT2D eigenvalue weighted by molar-refractivity contribution is 7.89. The van der Waals surface area contributed by atoms with E-state index in [0.29, 0.717) is 11.4 Å². The molecule has 0 aliphatic carbocycles. The molecular formula is C17H17N3O6S2. The second-order valence-electron chi connectivity index (χ2n) is 5.43. The molecule has 2 aromatic rings. The molecule has 0 saturated heterocycles. The van der Waals surface area contributed by atoms with E-state index in [-0.39, 0.29) is 21.1 Å². The van der Waals surface area contributed by atoms with Gasteiger partial charge in [0.2, 0.25) is 10.0 Å². The molecule has 0 aliphatic rings. The number of hydrogen-bond donors (Lipinski definition) is 3. The number of carbonyl (C=O) groups excluding carboxylic acids is 2. The van der Waals surface area contributed by atoms with E-state index in [9.17, 15) is 18.0 Å². The minimum atomic E-state index is -3.79. The Hall–Kier alpha value is -3.02. The second-order valence-corrected chi connectivity index (χ2v) is 7.40. The molecule has 0 radical (unpaired) electrons. The standard InChI is InChI=1S/C17H17N3O6S2/c1-25-15(21)10-7-11(16(22)26-2)9-13(8-10)20-17(27)19-12-3-5-14(6-4-12)28(18,23)24/h3-9H,1-2H3,(H2,18,23,24)(H2,19,20,27). The van der Waals surface area contributed by atoms with Gasteiger partial charge in [-0.25, -0.2) is 23.1 Å². The summed E-state index contributed by atoms with van der Waals surface area (Å²) in [5, 5.41) is 10.9. The largest absolute Gasteiger partial charge is 0.465 e. The van der Waals surface area contributed by atoms with Gasteiger partial charge >= 0.3 is 11.9 Å². The zero-order chi connectivity index (χ0) is 20.9. The van der Waals surface area contributed by atoms with E-state index in [0.717, 1.165) is 0 Å². The number of anilines is 2. The van der Waals surface area contributed by atoms with Gasteiger partial charge in [0.1, 0.15) is 0 Å². The van der Waals surface area contributed by atoms with Crippen LogP contribution in [0.5, 0.6) is 0 Å². The van der Waals surface area contributed by atoms with E-state index >= 15 is 0 Å². The third-order valence-electron chi connectivity index (χ3n) is 3.47. The molecule has 0 spiro atoms. The van der Waals surface area contributed by atoms with E-state index in [1.807, 2.05) is 0 Å². The quantitative estimate of drug-likeness (QED) is 0.485. The summed E-state index contributed by atoms with van der Waals surface area (Å²) in [4.78, 5) is 23.6. The van der Waals surface area contributed by atoms with Crippen LogP contribution in [0.4, 0.5) is 11.4 Å². The van der Waals surface area contributed by atoms with Crippen molar-refractivity contribution in [3.8, 4) is 0 Å². The molecule has 0 atom stereocenters. The molecule has 2 rings (SSSR count). The third kappa shape index (κ3) is 5.49. The average molecular weight is 423 g/mol. The molecule has 0 heterocycles. The predicted octanol–water partition coefficient (Wildman–Crippen LogP) is 1.72. The van der Waals surface area contributed by atoms with Gasteiger partial charge in [-0.15, -0.1) is 0 Å². The normalized spacial score (nSPS) is 10.7. The number of nitrogens with two attached hydrogens (primary N) is 1. The van der Waals surface area contributed by atoms with Gasteiger partial charge in [0.05, 0.1) is 30.2 Å². The van der Waals surface area contributed by atoms with Crippen molar-refractivity contribution >= 4 is 50.7 Å². The maximum absolute atomic E-state index is 11.8. The first kappa shape index (κ1) is 21.3. The fourth-order valence-corrected chi connectivity index (χ4v) is 2.94. The van der Waals surface area contributed by atoms with Crippen molar-refractivity contribution in [2.45, 2.75) is 4.90 Å². The van der Waals surface area contributed by atoms with Crippen LogP contribution in [0, 0.1) is 0 Å². The summed E-state index contributed by atoms with van der Waals surface area (Å²) in [6.07, 6.45) is 0. The highest BCUT2D eigenvalue weighted by atomic mass is 32.2. The summed E-state index contributed by atoms with van der Waals surface area (Å²) in [5.41, 5.74) is 1.12. The highest BCUT2D eigenvalue weighted by Gasteiger charge is 2.14. The Balaban J connectivity index is 2.20. The van der Waals surface area contributed by atoms with E-state index in [1.54, 1.807) is 0 Å². The fourth-order valence-electron chi connectivity index (χ4n) is 2.19. The molecule has 148 valence electrons. The van der Waals surface area contributed by atoms with Gasteiger partial charge in [0.15, 0.2) is 5.11 Å². The topological polar surface area (TPSA) is 137 Å². The van der Waals surface area contributed by atoms with Gasteiger partial charge in [-0.2, -0.15) is 0 Å². The maximum atomic E-state index is 11.8. The Morgan fingerprint density at radius 3 is 1.79 bits per heavy atom. The Labute approximate surface area is 166 Å². The molecule has 28 heavy (non-hydrogen) atoms. The van der Waals surface area contributed by atoms with E-state index in [1.165, 1.54) is 56.7 Å². The van der Waals surface area contributed by atoms with Crippen molar-refractivity contribution in [2.24, 2.45) is 5.14 Å². The Morgan fingerprint density at radius 2 is 1.36 bits per heavy atom. The van der Waals surface area contributed by atoms with Crippen LogP contribution in [0.15, 0.2) is 47.4 Å². The molecule has 11 heteroatoms. The lowest BCUT2D eigenvalue weighted by molar-refractivity contribution is 0.0599. The van der Waals surface area contributed by atoms with Crippen LogP contribution in [-0.2, 0) is 19.5 Å². The van der Waals surface area contributed by atoms with Gasteiger partial charge in [0, 0.05) is 11.4 Å². The molecule has 0 saturated carbocycles. The number of esters is 2. The van der Waals surface area contributed by atoms with Crippen LogP contribution in [0.25, 0.3) is 0 Å². The maximum Gasteiger partial charge on any atom is 0.337 e. The number of benzene rings is 2.